The van der Waals surface area contributed by atoms with Gasteiger partial charge in [0, 0.05) is 25.1 Å². The number of methoxy groups -OCH3 is 3. The summed E-state index contributed by atoms with van der Waals surface area (Å²) < 4.78 is 24.3. The molecule has 1 heterocycles. The predicted octanol–water partition coefficient (Wildman–Crippen LogP) is 5.51. The lowest BCUT2D eigenvalue weighted by Gasteiger charge is -2.14. The molecule has 0 atom stereocenters. The maximum absolute atomic E-state index is 12.9. The summed E-state index contributed by atoms with van der Waals surface area (Å²) in [7, 11) is 4.59. The quantitative estimate of drug-likeness (QED) is 0.229. The van der Waals surface area contributed by atoms with Crippen molar-refractivity contribution in [1.82, 2.24) is 14.9 Å². The fourth-order valence-corrected chi connectivity index (χ4v) is 4.53. The normalized spacial score (nSPS) is 10.9. The number of unbranched alkanes of at least 4 members (excludes halogenated alkanes) is 1. The van der Waals surface area contributed by atoms with Crippen LogP contribution in [0.15, 0.2) is 54.6 Å². The average Bonchev–Trinajstić information content (AvgIpc) is 3.30. The number of carbonyl (C=O) groups excluding carboxylic acids is 1. The fraction of sp³-hybridized carbons (Fsp3) is 0.355. The van der Waals surface area contributed by atoms with Gasteiger partial charge in [-0.15, -0.1) is 0 Å². The molecule has 0 saturated heterocycles. The smallest absolute Gasteiger partial charge is 0.251 e. The molecule has 8 nitrogen and oxygen atoms in total. The summed E-state index contributed by atoms with van der Waals surface area (Å²) in [6, 6.07) is 17.6. The molecule has 1 aromatic heterocycles. The van der Waals surface area contributed by atoms with Crippen LogP contribution in [0.2, 0.25) is 0 Å². The molecule has 0 spiro atoms. The minimum Gasteiger partial charge on any atom is -0.494 e. The van der Waals surface area contributed by atoms with Crippen LogP contribution in [0.25, 0.3) is 11.0 Å². The molecule has 0 radical (unpaired) electrons. The van der Waals surface area contributed by atoms with Crippen molar-refractivity contribution in [2.45, 2.75) is 39.7 Å². The predicted molar refractivity (Wildman–Crippen MR) is 153 cm³/mol. The number of aryl methyl sites for hydroxylation is 3. The molecule has 0 aliphatic carbocycles. The highest BCUT2D eigenvalue weighted by Gasteiger charge is 2.17. The number of rotatable bonds is 13. The van der Waals surface area contributed by atoms with Crippen LogP contribution in [0, 0.1) is 13.8 Å². The van der Waals surface area contributed by atoms with Crippen LogP contribution >= 0.6 is 0 Å². The zero-order valence-electron chi connectivity index (χ0n) is 23.4. The molecule has 0 aliphatic rings. The summed E-state index contributed by atoms with van der Waals surface area (Å²) in [5, 5.41) is 3.00. The summed E-state index contributed by atoms with van der Waals surface area (Å²) in [5.74, 6) is 2.95. The van der Waals surface area contributed by atoms with Crippen molar-refractivity contribution in [3.8, 4) is 23.0 Å². The summed E-state index contributed by atoms with van der Waals surface area (Å²) >= 11 is 0. The maximum atomic E-state index is 12.9. The number of nitrogens with one attached hydrogen (secondary N) is 1. The molecule has 0 unspecified atom stereocenters. The second-order valence-corrected chi connectivity index (χ2v) is 9.39. The van der Waals surface area contributed by atoms with Gasteiger partial charge < -0.3 is 28.8 Å². The Balaban J connectivity index is 1.36. The largest absolute Gasteiger partial charge is 0.494 e. The molecular weight excluding hydrogens is 494 g/mol. The minimum atomic E-state index is -0.222. The number of hydrogen-bond acceptors (Lipinski definition) is 6. The SMILES string of the molecule is COc1cc(C(=O)NCCc2nc3ccccc3n2CCCCOc2ccc(C)c(C)c2)cc(OC)c1OC. The second kappa shape index (κ2) is 13.0. The fourth-order valence-electron chi connectivity index (χ4n) is 4.53. The van der Waals surface area contributed by atoms with Crippen molar-refractivity contribution < 1.29 is 23.7 Å². The van der Waals surface area contributed by atoms with E-state index in [1.807, 2.05) is 24.3 Å². The number of nitrogens with zero attached hydrogens (tertiary/aromatic N) is 2. The van der Waals surface area contributed by atoms with Crippen molar-refractivity contribution >= 4 is 16.9 Å². The van der Waals surface area contributed by atoms with Crippen molar-refractivity contribution in [2.24, 2.45) is 0 Å². The molecule has 0 aliphatic heterocycles. The van der Waals surface area contributed by atoms with Crippen LogP contribution in [0.5, 0.6) is 23.0 Å². The van der Waals surface area contributed by atoms with Crippen LogP contribution in [-0.2, 0) is 13.0 Å². The second-order valence-electron chi connectivity index (χ2n) is 9.39. The highest BCUT2D eigenvalue weighted by atomic mass is 16.5. The Labute approximate surface area is 229 Å². The molecule has 1 N–H and O–H groups in total. The zero-order valence-corrected chi connectivity index (χ0v) is 23.4. The van der Waals surface area contributed by atoms with Crippen molar-refractivity contribution in [1.29, 1.82) is 0 Å². The number of carbonyl (C=O) groups is 1. The van der Waals surface area contributed by atoms with E-state index in [1.54, 1.807) is 12.1 Å². The first-order valence-electron chi connectivity index (χ1n) is 13.2. The van der Waals surface area contributed by atoms with Gasteiger partial charge in [0.25, 0.3) is 5.91 Å². The molecule has 0 fully saturated rings. The Hall–Kier alpha value is -4.20. The van der Waals surface area contributed by atoms with Crippen LogP contribution < -0.4 is 24.3 Å². The van der Waals surface area contributed by atoms with Crippen molar-refractivity contribution in [3.63, 3.8) is 0 Å². The van der Waals surface area contributed by atoms with Crippen molar-refractivity contribution in [2.75, 3.05) is 34.5 Å². The van der Waals surface area contributed by atoms with Crippen LogP contribution in [0.3, 0.4) is 0 Å². The van der Waals surface area contributed by atoms with Gasteiger partial charge in [-0.25, -0.2) is 4.98 Å². The molecule has 4 rings (SSSR count). The van der Waals surface area contributed by atoms with Gasteiger partial charge in [-0.2, -0.15) is 0 Å². The number of fused-ring (bicyclic) bond motifs is 1. The van der Waals surface area contributed by atoms with Gasteiger partial charge in [0.05, 0.1) is 39.0 Å². The number of amides is 1. The molecular formula is C31H37N3O5. The molecule has 206 valence electrons. The molecule has 0 bridgehead atoms. The number of aromatic nitrogens is 2. The van der Waals surface area contributed by atoms with Gasteiger partial charge in [0.15, 0.2) is 11.5 Å². The van der Waals surface area contributed by atoms with E-state index in [4.69, 9.17) is 23.9 Å². The van der Waals surface area contributed by atoms with E-state index >= 15 is 0 Å². The Kier molecular flexibility index (Phi) is 9.31. The Morgan fingerprint density at radius 2 is 1.64 bits per heavy atom. The summed E-state index contributed by atoms with van der Waals surface area (Å²) in [4.78, 5) is 17.8. The Morgan fingerprint density at radius 1 is 0.897 bits per heavy atom. The van der Waals surface area contributed by atoms with Gasteiger partial charge in [-0.05, 0) is 74.2 Å². The van der Waals surface area contributed by atoms with E-state index in [2.05, 4.69) is 41.9 Å². The van der Waals surface area contributed by atoms with Gasteiger partial charge in [0.2, 0.25) is 5.75 Å². The molecule has 1 amide bonds. The first-order valence-corrected chi connectivity index (χ1v) is 13.2. The zero-order chi connectivity index (χ0) is 27.8. The summed E-state index contributed by atoms with van der Waals surface area (Å²) in [6.45, 7) is 6.13. The summed E-state index contributed by atoms with van der Waals surface area (Å²) in [5.41, 5.74) is 4.98. The number of imidazole rings is 1. The van der Waals surface area contributed by atoms with E-state index in [1.165, 1.54) is 32.5 Å². The molecule has 39 heavy (non-hydrogen) atoms. The van der Waals surface area contributed by atoms with E-state index in [9.17, 15) is 4.79 Å². The Morgan fingerprint density at radius 3 is 2.33 bits per heavy atom. The van der Waals surface area contributed by atoms with Crippen molar-refractivity contribution in [3.05, 3.63) is 77.1 Å². The molecule has 3 aromatic carbocycles. The third-order valence-corrected chi connectivity index (χ3v) is 6.82. The van der Waals surface area contributed by atoms with E-state index in [0.29, 0.717) is 42.4 Å². The lowest BCUT2D eigenvalue weighted by molar-refractivity contribution is 0.0953. The number of ether oxygens (including phenoxy) is 4. The molecule has 0 saturated carbocycles. The minimum absolute atomic E-state index is 0.222. The van der Waals surface area contributed by atoms with Gasteiger partial charge in [0.1, 0.15) is 11.6 Å². The number of benzene rings is 3. The van der Waals surface area contributed by atoms with Gasteiger partial charge in [-0.3, -0.25) is 4.79 Å². The lowest BCUT2D eigenvalue weighted by Crippen LogP contribution is -2.26. The van der Waals surface area contributed by atoms with Gasteiger partial charge in [-0.1, -0.05) is 18.2 Å². The number of hydrogen-bond donors (Lipinski definition) is 1. The third kappa shape index (κ3) is 6.63. The summed E-state index contributed by atoms with van der Waals surface area (Å²) in [6.07, 6.45) is 2.48. The average molecular weight is 532 g/mol. The molecule has 8 heteroatoms. The highest BCUT2D eigenvalue weighted by Crippen LogP contribution is 2.38. The topological polar surface area (TPSA) is 83.8 Å². The van der Waals surface area contributed by atoms with E-state index in [0.717, 1.165) is 42.0 Å². The first-order chi connectivity index (χ1) is 18.9. The molecule has 4 aromatic rings. The first kappa shape index (κ1) is 27.8. The van der Waals surface area contributed by atoms with Crippen LogP contribution in [-0.4, -0.2) is 49.9 Å². The van der Waals surface area contributed by atoms with E-state index < -0.39 is 0 Å². The monoisotopic (exact) mass is 531 g/mol. The number of para-hydroxylation sites is 2. The Bertz CT molecular complexity index is 1400. The van der Waals surface area contributed by atoms with Crippen LogP contribution in [0.1, 0.15) is 40.2 Å². The standard InChI is InChI=1S/C31H37N3O5/c1-21-12-13-24(18-22(21)2)39-17-9-8-16-34-26-11-7-6-10-25(26)33-29(34)14-15-32-31(35)23-19-27(36-3)30(38-5)28(20-23)37-4/h6-7,10-13,18-20H,8-9,14-17H2,1-5H3,(H,32,35). The maximum Gasteiger partial charge on any atom is 0.251 e. The van der Waals surface area contributed by atoms with Gasteiger partial charge >= 0.3 is 0 Å². The van der Waals surface area contributed by atoms with E-state index in [-0.39, 0.29) is 5.91 Å². The van der Waals surface area contributed by atoms with Crippen LogP contribution in [0.4, 0.5) is 0 Å². The third-order valence-electron chi connectivity index (χ3n) is 6.82. The lowest BCUT2D eigenvalue weighted by atomic mass is 10.1. The highest BCUT2D eigenvalue weighted by molar-refractivity contribution is 5.95.